The van der Waals surface area contributed by atoms with Gasteiger partial charge < -0.3 is 14.8 Å². The van der Waals surface area contributed by atoms with Crippen molar-refractivity contribution in [2.75, 3.05) is 31.1 Å². The van der Waals surface area contributed by atoms with Crippen LogP contribution in [0.25, 0.3) is 0 Å². The summed E-state index contributed by atoms with van der Waals surface area (Å²) in [6.07, 6.45) is 0. The number of benzene rings is 2. The van der Waals surface area contributed by atoms with E-state index in [4.69, 9.17) is 9.47 Å². The van der Waals surface area contributed by atoms with Gasteiger partial charge >= 0.3 is 5.97 Å². The van der Waals surface area contributed by atoms with Crippen molar-refractivity contribution in [3.63, 3.8) is 0 Å². The number of nitrogens with one attached hydrogen (secondary N) is 1. The number of methoxy groups -OCH3 is 1. The van der Waals surface area contributed by atoms with Crippen LogP contribution in [0.3, 0.4) is 0 Å². The maximum Gasteiger partial charge on any atom is 0.339 e. The Balaban J connectivity index is 2.04. The van der Waals surface area contributed by atoms with Gasteiger partial charge in [-0.1, -0.05) is 12.1 Å². The van der Waals surface area contributed by atoms with Crippen molar-refractivity contribution in [3.8, 4) is 5.75 Å². The van der Waals surface area contributed by atoms with Gasteiger partial charge in [0.15, 0.2) is 6.73 Å². The zero-order valence-corrected chi connectivity index (χ0v) is 13.1. The maximum absolute atomic E-state index is 14.0. The molecule has 0 bridgehead atoms. The number of carbonyl (C=O) groups is 2. The molecule has 2 aromatic rings. The lowest BCUT2D eigenvalue weighted by Crippen LogP contribution is -2.39. The molecule has 1 amide bonds. The van der Waals surface area contributed by atoms with Gasteiger partial charge in [0.1, 0.15) is 11.6 Å². The summed E-state index contributed by atoms with van der Waals surface area (Å²) in [7, 11) is 2.84. The van der Waals surface area contributed by atoms with Crippen molar-refractivity contribution in [1.29, 1.82) is 0 Å². The molecule has 0 saturated heterocycles. The molecule has 6 nitrogen and oxygen atoms in total. The van der Waals surface area contributed by atoms with Gasteiger partial charge in [-0.2, -0.15) is 0 Å². The Hall–Kier alpha value is -3.09. The first-order valence-electron chi connectivity index (χ1n) is 7.20. The molecule has 0 unspecified atom stereocenters. The minimum absolute atomic E-state index is 0.0887. The first-order valence-corrected chi connectivity index (χ1v) is 7.20. The Labute approximate surface area is 137 Å². The third-order valence-electron chi connectivity index (χ3n) is 3.76. The van der Waals surface area contributed by atoms with Gasteiger partial charge in [-0.15, -0.1) is 0 Å². The zero-order chi connectivity index (χ0) is 17.3. The SMILES string of the molecule is CNc1cc2c(cc1F)C(=O)N(c1ccccc1C(=O)OC)CO2. The van der Waals surface area contributed by atoms with Gasteiger partial charge in [0.05, 0.1) is 29.6 Å². The van der Waals surface area contributed by atoms with E-state index < -0.39 is 17.7 Å². The van der Waals surface area contributed by atoms with Crippen molar-refractivity contribution in [3.05, 3.63) is 53.3 Å². The molecular formula is C17H15FN2O4. The fraction of sp³-hybridized carbons (Fsp3) is 0.176. The number of anilines is 2. The van der Waals surface area contributed by atoms with Gasteiger partial charge in [-0.05, 0) is 18.2 Å². The lowest BCUT2D eigenvalue weighted by Gasteiger charge is -2.30. The van der Waals surface area contributed by atoms with Crippen LogP contribution in [0.1, 0.15) is 20.7 Å². The van der Waals surface area contributed by atoms with Crippen molar-refractivity contribution >= 4 is 23.3 Å². The molecule has 0 radical (unpaired) electrons. The largest absolute Gasteiger partial charge is 0.472 e. The van der Waals surface area contributed by atoms with Gasteiger partial charge in [-0.3, -0.25) is 9.69 Å². The van der Waals surface area contributed by atoms with E-state index in [0.717, 1.165) is 6.07 Å². The van der Waals surface area contributed by atoms with Crippen LogP contribution < -0.4 is 15.0 Å². The number of rotatable bonds is 3. The number of ether oxygens (including phenoxy) is 2. The lowest BCUT2D eigenvalue weighted by molar-refractivity contribution is 0.0601. The predicted molar refractivity (Wildman–Crippen MR) is 86.0 cm³/mol. The van der Waals surface area contributed by atoms with Crippen LogP contribution in [0.5, 0.6) is 5.75 Å². The summed E-state index contributed by atoms with van der Waals surface area (Å²) in [5.74, 6) is -1.29. The van der Waals surface area contributed by atoms with Gasteiger partial charge in [0.25, 0.3) is 5.91 Å². The molecule has 24 heavy (non-hydrogen) atoms. The molecule has 3 rings (SSSR count). The Morgan fingerprint density at radius 3 is 2.79 bits per heavy atom. The van der Waals surface area contributed by atoms with Crippen LogP contribution in [0.4, 0.5) is 15.8 Å². The third kappa shape index (κ3) is 2.54. The quantitative estimate of drug-likeness (QED) is 0.876. The molecular weight excluding hydrogens is 315 g/mol. The van der Waals surface area contributed by atoms with Crippen LogP contribution in [0.15, 0.2) is 36.4 Å². The molecule has 124 valence electrons. The number of para-hydroxylation sites is 1. The van der Waals surface area contributed by atoms with E-state index in [1.807, 2.05) is 0 Å². The summed E-state index contributed by atoms with van der Waals surface area (Å²) in [6, 6.07) is 9.07. The van der Waals surface area contributed by atoms with E-state index in [2.05, 4.69) is 5.32 Å². The van der Waals surface area contributed by atoms with E-state index in [0.29, 0.717) is 5.69 Å². The molecule has 1 N–H and O–H groups in total. The highest BCUT2D eigenvalue weighted by Gasteiger charge is 2.30. The minimum Gasteiger partial charge on any atom is -0.472 e. The first kappa shape index (κ1) is 15.8. The molecule has 1 aliphatic heterocycles. The monoisotopic (exact) mass is 330 g/mol. The average Bonchev–Trinajstić information content (AvgIpc) is 2.61. The molecule has 0 aliphatic carbocycles. The molecule has 1 aliphatic rings. The molecule has 0 aromatic heterocycles. The summed E-state index contributed by atoms with van der Waals surface area (Å²) in [5, 5.41) is 2.69. The minimum atomic E-state index is -0.569. The Morgan fingerprint density at radius 2 is 2.08 bits per heavy atom. The topological polar surface area (TPSA) is 67.9 Å². The van der Waals surface area contributed by atoms with Crippen LogP contribution in [-0.2, 0) is 4.74 Å². The predicted octanol–water partition coefficient (Wildman–Crippen LogP) is 2.65. The van der Waals surface area contributed by atoms with Crippen LogP contribution in [-0.4, -0.2) is 32.8 Å². The van der Waals surface area contributed by atoms with Crippen molar-refractivity contribution in [1.82, 2.24) is 0 Å². The average molecular weight is 330 g/mol. The second kappa shape index (κ2) is 6.19. The number of fused-ring (bicyclic) bond motifs is 1. The van der Waals surface area contributed by atoms with E-state index >= 15 is 0 Å². The van der Waals surface area contributed by atoms with Gasteiger partial charge in [-0.25, -0.2) is 9.18 Å². The molecule has 0 atom stereocenters. The van der Waals surface area contributed by atoms with Gasteiger partial charge in [0, 0.05) is 13.1 Å². The molecule has 0 spiro atoms. The van der Waals surface area contributed by atoms with E-state index in [9.17, 15) is 14.0 Å². The highest BCUT2D eigenvalue weighted by molar-refractivity contribution is 6.11. The molecule has 0 fully saturated rings. The van der Waals surface area contributed by atoms with Crippen molar-refractivity contribution in [2.24, 2.45) is 0 Å². The van der Waals surface area contributed by atoms with Crippen LogP contribution in [0.2, 0.25) is 0 Å². The summed E-state index contributed by atoms with van der Waals surface area (Å²) >= 11 is 0. The van der Waals surface area contributed by atoms with Crippen LogP contribution >= 0.6 is 0 Å². The van der Waals surface area contributed by atoms with Crippen molar-refractivity contribution < 1.29 is 23.5 Å². The second-order valence-corrected chi connectivity index (χ2v) is 5.09. The molecule has 2 aromatic carbocycles. The number of esters is 1. The number of amides is 1. The molecule has 0 saturated carbocycles. The fourth-order valence-electron chi connectivity index (χ4n) is 2.54. The Bertz CT molecular complexity index is 822. The van der Waals surface area contributed by atoms with E-state index in [1.165, 1.54) is 18.1 Å². The second-order valence-electron chi connectivity index (χ2n) is 5.09. The lowest BCUT2D eigenvalue weighted by atomic mass is 10.1. The number of hydrogen-bond acceptors (Lipinski definition) is 5. The Morgan fingerprint density at radius 1 is 1.33 bits per heavy atom. The normalized spacial score (nSPS) is 13.1. The number of nitrogens with zero attached hydrogens (tertiary/aromatic N) is 1. The smallest absolute Gasteiger partial charge is 0.339 e. The summed E-state index contributed by atoms with van der Waals surface area (Å²) in [5.41, 5.74) is 0.910. The highest BCUT2D eigenvalue weighted by atomic mass is 19.1. The highest BCUT2D eigenvalue weighted by Crippen LogP contribution is 2.33. The van der Waals surface area contributed by atoms with Gasteiger partial charge in [0.2, 0.25) is 0 Å². The summed E-state index contributed by atoms with van der Waals surface area (Å²) in [4.78, 5) is 25.9. The summed E-state index contributed by atoms with van der Waals surface area (Å²) in [6.45, 7) is -0.0887. The standard InChI is InChI=1S/C17H15FN2O4/c1-19-13-8-15-11(7-12(13)18)16(21)20(9-24-15)14-6-4-3-5-10(14)17(22)23-2/h3-8,19H,9H2,1-2H3. The fourth-order valence-corrected chi connectivity index (χ4v) is 2.54. The first-order chi connectivity index (χ1) is 11.6. The van der Waals surface area contributed by atoms with Crippen molar-refractivity contribution in [2.45, 2.75) is 0 Å². The molecule has 1 heterocycles. The Kier molecular flexibility index (Phi) is 4.07. The number of carbonyl (C=O) groups excluding carboxylic acids is 2. The van der Waals surface area contributed by atoms with Crippen LogP contribution in [0, 0.1) is 5.82 Å². The zero-order valence-electron chi connectivity index (χ0n) is 13.1. The molecule has 7 heteroatoms. The number of hydrogen-bond donors (Lipinski definition) is 1. The van der Waals surface area contributed by atoms with E-state index in [-0.39, 0.29) is 29.3 Å². The van der Waals surface area contributed by atoms with E-state index in [1.54, 1.807) is 31.3 Å². The summed E-state index contributed by atoms with van der Waals surface area (Å²) < 4.78 is 24.3. The third-order valence-corrected chi connectivity index (χ3v) is 3.76. The number of halogens is 1. The maximum atomic E-state index is 14.0.